The molecular weight excluding hydrogens is 424 g/mol. The summed E-state index contributed by atoms with van der Waals surface area (Å²) in [6, 6.07) is 0. The third kappa shape index (κ3) is 8.69. The molecule has 6 atom stereocenters. The lowest BCUT2D eigenvalue weighted by Gasteiger charge is -2.40. The molecular formula is C21H42O9Si. The molecule has 1 aliphatic heterocycles. The normalized spacial score (nSPS) is 27.0. The Labute approximate surface area is 187 Å². The lowest BCUT2D eigenvalue weighted by Crippen LogP contribution is -2.52. The number of hydrogen-bond acceptors (Lipinski definition) is 9. The molecule has 10 heteroatoms. The number of carbonyl (C=O) groups excluding carboxylic acids is 1. The SMILES string of the molecule is COCO[C@H](CO[Si](C)(C)C(C)(C)C)[C@@H](C[C@H]1C[C@@H](OC)[C@@H](OC(C)=O)C(O)O1)OC. The van der Waals surface area contributed by atoms with Gasteiger partial charge in [0.1, 0.15) is 19.0 Å². The van der Waals surface area contributed by atoms with Crippen LogP contribution in [0.3, 0.4) is 0 Å². The van der Waals surface area contributed by atoms with Gasteiger partial charge in [-0.15, -0.1) is 0 Å². The topological polar surface area (TPSA) is 102 Å². The van der Waals surface area contributed by atoms with Crippen molar-refractivity contribution in [2.45, 2.75) is 95.5 Å². The van der Waals surface area contributed by atoms with E-state index in [1.54, 1.807) is 14.2 Å². The fourth-order valence-corrected chi connectivity index (χ4v) is 4.21. The molecule has 0 aromatic heterocycles. The first kappa shape index (κ1) is 28.4. The fraction of sp³-hybridized carbons (Fsp3) is 0.952. The minimum Gasteiger partial charge on any atom is -0.454 e. The van der Waals surface area contributed by atoms with E-state index in [-0.39, 0.29) is 30.1 Å². The molecule has 1 saturated heterocycles. The number of carbonyl (C=O) groups is 1. The molecule has 1 fully saturated rings. The van der Waals surface area contributed by atoms with Crippen LogP contribution in [0.15, 0.2) is 0 Å². The van der Waals surface area contributed by atoms with Crippen molar-refractivity contribution in [3.63, 3.8) is 0 Å². The quantitative estimate of drug-likeness (QED) is 0.264. The monoisotopic (exact) mass is 466 g/mol. The maximum Gasteiger partial charge on any atom is 0.303 e. The predicted molar refractivity (Wildman–Crippen MR) is 117 cm³/mol. The van der Waals surface area contributed by atoms with E-state index in [0.29, 0.717) is 19.4 Å². The third-order valence-electron chi connectivity index (χ3n) is 6.11. The van der Waals surface area contributed by atoms with Crippen LogP contribution in [0.1, 0.15) is 40.5 Å². The molecule has 1 aliphatic rings. The van der Waals surface area contributed by atoms with Gasteiger partial charge in [0.05, 0.1) is 18.8 Å². The van der Waals surface area contributed by atoms with Crippen molar-refractivity contribution in [2.24, 2.45) is 0 Å². The maximum atomic E-state index is 11.3. The molecule has 1 heterocycles. The summed E-state index contributed by atoms with van der Waals surface area (Å²) in [7, 11) is 2.70. The number of methoxy groups -OCH3 is 3. The molecule has 184 valence electrons. The molecule has 1 rings (SSSR count). The third-order valence-corrected chi connectivity index (χ3v) is 10.6. The zero-order chi connectivity index (χ0) is 23.8. The Morgan fingerprint density at radius 3 is 2.32 bits per heavy atom. The van der Waals surface area contributed by atoms with Crippen LogP contribution in [0, 0.1) is 0 Å². The summed E-state index contributed by atoms with van der Waals surface area (Å²) < 4.78 is 39.4. The van der Waals surface area contributed by atoms with Crippen LogP contribution in [0.2, 0.25) is 18.1 Å². The summed E-state index contributed by atoms with van der Waals surface area (Å²) >= 11 is 0. The molecule has 0 aromatic rings. The van der Waals surface area contributed by atoms with E-state index in [1.165, 1.54) is 14.0 Å². The Bertz CT molecular complexity index is 537. The number of aliphatic hydroxyl groups is 1. The molecule has 0 bridgehead atoms. The summed E-state index contributed by atoms with van der Waals surface area (Å²) in [6.07, 6.45) is -2.89. The smallest absolute Gasteiger partial charge is 0.303 e. The first-order valence-electron chi connectivity index (χ1n) is 10.7. The van der Waals surface area contributed by atoms with Crippen LogP contribution in [0.25, 0.3) is 0 Å². The van der Waals surface area contributed by atoms with Crippen LogP contribution in [-0.4, -0.2) is 90.9 Å². The number of hydrogen-bond donors (Lipinski definition) is 1. The average molecular weight is 467 g/mol. The van der Waals surface area contributed by atoms with E-state index >= 15 is 0 Å². The summed E-state index contributed by atoms with van der Waals surface area (Å²) in [4.78, 5) is 11.3. The Morgan fingerprint density at radius 1 is 1.19 bits per heavy atom. The Balaban J connectivity index is 2.86. The van der Waals surface area contributed by atoms with E-state index in [4.69, 9.17) is 32.8 Å². The van der Waals surface area contributed by atoms with Gasteiger partial charge in [0, 0.05) is 41.1 Å². The minimum atomic E-state index is -1.99. The molecule has 9 nitrogen and oxygen atoms in total. The zero-order valence-corrected chi connectivity index (χ0v) is 21.5. The van der Waals surface area contributed by atoms with Crippen LogP contribution in [0.4, 0.5) is 0 Å². The van der Waals surface area contributed by atoms with Gasteiger partial charge in [-0.3, -0.25) is 4.79 Å². The van der Waals surface area contributed by atoms with Gasteiger partial charge < -0.3 is 38.0 Å². The second-order valence-corrected chi connectivity index (χ2v) is 14.2. The van der Waals surface area contributed by atoms with Crippen molar-refractivity contribution in [3.05, 3.63) is 0 Å². The highest BCUT2D eigenvalue weighted by atomic mass is 28.4. The molecule has 1 unspecified atom stereocenters. The second-order valence-electron chi connectivity index (χ2n) is 9.43. The Hall–Kier alpha value is -0.593. The molecule has 0 aliphatic carbocycles. The van der Waals surface area contributed by atoms with Crippen LogP contribution >= 0.6 is 0 Å². The molecule has 0 amide bonds. The number of rotatable bonds is 12. The van der Waals surface area contributed by atoms with Gasteiger partial charge in [-0.05, 0) is 18.1 Å². The Morgan fingerprint density at radius 2 is 1.84 bits per heavy atom. The van der Waals surface area contributed by atoms with E-state index in [1.807, 2.05) is 0 Å². The second kappa shape index (κ2) is 12.6. The van der Waals surface area contributed by atoms with E-state index in [2.05, 4.69) is 33.9 Å². The van der Waals surface area contributed by atoms with Crippen molar-refractivity contribution in [1.82, 2.24) is 0 Å². The molecule has 31 heavy (non-hydrogen) atoms. The van der Waals surface area contributed by atoms with Crippen LogP contribution in [-0.2, 0) is 37.6 Å². The van der Waals surface area contributed by atoms with Gasteiger partial charge in [-0.1, -0.05) is 20.8 Å². The number of ether oxygens (including phenoxy) is 6. The first-order valence-corrected chi connectivity index (χ1v) is 13.6. The van der Waals surface area contributed by atoms with Crippen molar-refractivity contribution in [2.75, 3.05) is 34.7 Å². The van der Waals surface area contributed by atoms with Crippen molar-refractivity contribution < 1.29 is 42.7 Å². The highest BCUT2D eigenvalue weighted by Gasteiger charge is 2.43. The number of esters is 1. The van der Waals surface area contributed by atoms with Crippen molar-refractivity contribution in [1.29, 1.82) is 0 Å². The van der Waals surface area contributed by atoms with Gasteiger partial charge in [-0.2, -0.15) is 0 Å². The summed E-state index contributed by atoms with van der Waals surface area (Å²) in [6.45, 7) is 12.7. The highest BCUT2D eigenvalue weighted by molar-refractivity contribution is 6.74. The summed E-state index contributed by atoms with van der Waals surface area (Å²) in [5.74, 6) is -0.501. The first-order chi connectivity index (χ1) is 14.4. The van der Waals surface area contributed by atoms with Gasteiger partial charge >= 0.3 is 5.97 Å². The largest absolute Gasteiger partial charge is 0.454 e. The fourth-order valence-electron chi connectivity index (χ4n) is 3.20. The average Bonchev–Trinajstić information content (AvgIpc) is 2.67. The van der Waals surface area contributed by atoms with E-state index in [9.17, 15) is 9.90 Å². The molecule has 0 saturated carbocycles. The Kier molecular flexibility index (Phi) is 11.6. The van der Waals surface area contributed by atoms with Crippen LogP contribution < -0.4 is 0 Å². The van der Waals surface area contributed by atoms with Gasteiger partial charge in [-0.25, -0.2) is 0 Å². The van der Waals surface area contributed by atoms with E-state index < -0.39 is 32.8 Å². The van der Waals surface area contributed by atoms with Gasteiger partial charge in [0.2, 0.25) is 0 Å². The standard InChI is InChI=1S/C21H42O9Si/c1-14(22)29-19-17(26-7)11-15(30-20(19)23)10-16(25-6)18(27-13-24-5)12-28-31(8,9)21(2,3)4/h15-20,23H,10-13H2,1-9H3/t15-,16+,17+,18+,19+,20?/m0/s1. The summed E-state index contributed by atoms with van der Waals surface area (Å²) in [5.41, 5.74) is 0. The van der Waals surface area contributed by atoms with Crippen molar-refractivity contribution >= 4 is 14.3 Å². The lowest BCUT2D eigenvalue weighted by atomic mass is 9.96. The molecule has 0 aromatic carbocycles. The highest BCUT2D eigenvalue weighted by Crippen LogP contribution is 2.37. The molecule has 0 spiro atoms. The zero-order valence-electron chi connectivity index (χ0n) is 20.5. The molecule has 0 radical (unpaired) electrons. The minimum absolute atomic E-state index is 0.0649. The summed E-state index contributed by atoms with van der Waals surface area (Å²) in [5, 5.41) is 10.4. The number of aliphatic hydroxyl groups excluding tert-OH is 1. The van der Waals surface area contributed by atoms with Crippen molar-refractivity contribution in [3.8, 4) is 0 Å². The van der Waals surface area contributed by atoms with Gasteiger partial charge in [0.25, 0.3) is 0 Å². The lowest BCUT2D eigenvalue weighted by molar-refractivity contribution is -0.264. The van der Waals surface area contributed by atoms with Gasteiger partial charge in [0.15, 0.2) is 20.7 Å². The molecule has 1 N–H and O–H groups in total. The van der Waals surface area contributed by atoms with Crippen LogP contribution in [0.5, 0.6) is 0 Å². The van der Waals surface area contributed by atoms with E-state index in [0.717, 1.165) is 0 Å². The predicted octanol–water partition coefficient (Wildman–Crippen LogP) is 2.46. The maximum absolute atomic E-state index is 11.3.